The van der Waals surface area contributed by atoms with Crippen LogP contribution in [0, 0.1) is 0 Å². The Labute approximate surface area is 282 Å². The first-order valence-electron chi connectivity index (χ1n) is 13.8. The molecule has 50 heavy (non-hydrogen) atoms. The molecule has 0 aliphatic rings. The zero-order valence-electron chi connectivity index (χ0n) is 26.1. The molecule has 2 atom stereocenters. The highest BCUT2D eigenvalue weighted by atomic mass is 16.4. The summed E-state index contributed by atoms with van der Waals surface area (Å²) in [6, 6.07) is 10.4. The van der Waals surface area contributed by atoms with Crippen LogP contribution in [0.3, 0.4) is 0 Å². The zero-order valence-corrected chi connectivity index (χ0v) is 26.1. The van der Waals surface area contributed by atoms with Gasteiger partial charge in [-0.05, 0) is 30.7 Å². The fourth-order valence-electron chi connectivity index (χ4n) is 2.95. The van der Waals surface area contributed by atoms with Gasteiger partial charge in [0.1, 0.15) is 12.1 Å². The van der Waals surface area contributed by atoms with Crippen LogP contribution in [0.2, 0.25) is 0 Å². The standard InChI is InChI=1S/C10H12N2O3.C10H9NO4.C5H9NO4.C5H6O5/c11-7-4-2-1-3-6(7)9(13)5-8(12)10(14)15;11-7-4-2-1-3-6(7)8(12)5-9(13)10(14)15;2*6-3(5(9)10)1-2-4(7)8/h1-4,8H,5,11-12H2,(H,14,15);1-4H,5,11H2,(H,14,15);3H,1-2,6H2,(H,7,8)(H,9,10);1-2H2,(H,7,8)(H,9,10). The van der Waals surface area contributed by atoms with Gasteiger partial charge in [0.2, 0.25) is 11.6 Å². The molecule has 0 radical (unpaired) electrons. The van der Waals surface area contributed by atoms with Gasteiger partial charge in [0.15, 0.2) is 11.6 Å². The van der Waals surface area contributed by atoms with Crippen molar-refractivity contribution in [2.24, 2.45) is 11.5 Å². The first-order chi connectivity index (χ1) is 23.1. The third-order valence-corrected chi connectivity index (χ3v) is 5.60. The Kier molecular flexibility index (Phi) is 21.6. The molecule has 0 saturated carbocycles. The number of carbonyl (C=O) groups is 10. The molecule has 272 valence electrons. The van der Waals surface area contributed by atoms with Gasteiger partial charge in [0.25, 0.3) is 0 Å². The van der Waals surface area contributed by atoms with Crippen LogP contribution in [0.25, 0.3) is 0 Å². The van der Waals surface area contributed by atoms with Gasteiger partial charge in [-0.25, -0.2) is 9.59 Å². The highest BCUT2D eigenvalue weighted by molar-refractivity contribution is 6.37. The fraction of sp³-hybridized carbons (Fsp3) is 0.267. The molecule has 0 heterocycles. The Morgan fingerprint density at radius 3 is 1.28 bits per heavy atom. The summed E-state index contributed by atoms with van der Waals surface area (Å²) in [4.78, 5) is 104. The number of nitrogen functional groups attached to an aromatic ring is 2. The van der Waals surface area contributed by atoms with Gasteiger partial charge < -0.3 is 53.6 Å². The Bertz CT molecular complexity index is 1570. The van der Waals surface area contributed by atoms with E-state index in [0.29, 0.717) is 11.3 Å². The second-order valence-corrected chi connectivity index (χ2v) is 9.57. The van der Waals surface area contributed by atoms with E-state index in [1.54, 1.807) is 36.4 Å². The molecule has 0 aromatic heterocycles. The quantitative estimate of drug-likeness (QED) is 0.0455. The monoisotopic (exact) mass is 708 g/mol. The first-order valence-corrected chi connectivity index (χ1v) is 13.8. The second-order valence-electron chi connectivity index (χ2n) is 9.57. The minimum atomic E-state index is -1.61. The molecule has 0 aliphatic heterocycles. The minimum absolute atomic E-state index is 0.0231. The zero-order chi connectivity index (χ0) is 39.1. The number of carbonyl (C=O) groups excluding carboxylic acids is 4. The molecule has 20 heteroatoms. The van der Waals surface area contributed by atoms with Crippen molar-refractivity contribution in [1.82, 2.24) is 0 Å². The van der Waals surface area contributed by atoms with E-state index >= 15 is 0 Å². The molecule has 20 nitrogen and oxygen atoms in total. The van der Waals surface area contributed by atoms with E-state index in [9.17, 15) is 47.9 Å². The fourth-order valence-corrected chi connectivity index (χ4v) is 2.95. The maximum absolute atomic E-state index is 11.6. The number of para-hydroxylation sites is 2. The molecule has 0 bridgehead atoms. The lowest BCUT2D eigenvalue weighted by Crippen LogP contribution is -2.32. The van der Waals surface area contributed by atoms with E-state index < -0.39 is 84.5 Å². The van der Waals surface area contributed by atoms with Crippen molar-refractivity contribution in [3.8, 4) is 0 Å². The molecule has 0 spiro atoms. The molecular formula is C30H36N4O16. The maximum Gasteiger partial charge on any atom is 0.372 e. The topological polar surface area (TPSA) is 396 Å². The second kappa shape index (κ2) is 23.7. The number of ketones is 4. The van der Waals surface area contributed by atoms with Crippen LogP contribution in [-0.4, -0.2) is 102 Å². The Balaban J connectivity index is 0. The van der Waals surface area contributed by atoms with Crippen LogP contribution >= 0.6 is 0 Å². The molecule has 0 saturated heterocycles. The van der Waals surface area contributed by atoms with Gasteiger partial charge in [0.05, 0.1) is 12.8 Å². The first kappa shape index (κ1) is 45.6. The summed E-state index contributed by atoms with van der Waals surface area (Å²) >= 11 is 0. The van der Waals surface area contributed by atoms with Crippen LogP contribution in [0.4, 0.5) is 11.4 Å². The van der Waals surface area contributed by atoms with E-state index in [4.69, 9.17) is 53.6 Å². The summed E-state index contributed by atoms with van der Waals surface area (Å²) in [6.45, 7) is 0. The average molecular weight is 709 g/mol. The number of anilines is 2. The van der Waals surface area contributed by atoms with Crippen molar-refractivity contribution >= 4 is 70.3 Å². The number of carboxylic acids is 6. The summed E-state index contributed by atoms with van der Waals surface area (Å²) in [7, 11) is 0. The predicted molar refractivity (Wildman–Crippen MR) is 170 cm³/mol. The predicted octanol–water partition coefficient (Wildman–Crippen LogP) is -0.483. The lowest BCUT2D eigenvalue weighted by Gasteiger charge is -2.07. The number of hydrogen-bond donors (Lipinski definition) is 10. The molecule has 0 aliphatic carbocycles. The van der Waals surface area contributed by atoms with Gasteiger partial charge in [0, 0.05) is 41.8 Å². The molecule has 0 fully saturated rings. The number of hydrogen-bond acceptors (Lipinski definition) is 14. The smallest absolute Gasteiger partial charge is 0.372 e. The molecule has 2 rings (SSSR count). The number of carboxylic acid groups (broad SMARTS) is 6. The van der Waals surface area contributed by atoms with Crippen molar-refractivity contribution in [3.05, 3.63) is 59.7 Å². The molecule has 14 N–H and O–H groups in total. The van der Waals surface area contributed by atoms with Crippen molar-refractivity contribution in [2.45, 2.75) is 50.6 Å². The summed E-state index contributed by atoms with van der Waals surface area (Å²) in [5.41, 5.74) is 22.4. The van der Waals surface area contributed by atoms with E-state index in [-0.39, 0.29) is 36.3 Å². The number of aliphatic carboxylic acids is 6. The third-order valence-electron chi connectivity index (χ3n) is 5.60. The molecule has 0 amide bonds. The van der Waals surface area contributed by atoms with Crippen LogP contribution in [0.15, 0.2) is 48.5 Å². The molecule has 2 unspecified atom stereocenters. The van der Waals surface area contributed by atoms with Crippen molar-refractivity contribution in [1.29, 1.82) is 0 Å². The van der Waals surface area contributed by atoms with Gasteiger partial charge in [-0.15, -0.1) is 0 Å². The molecule has 2 aromatic carbocycles. The number of rotatable bonds is 16. The van der Waals surface area contributed by atoms with E-state index in [1.807, 2.05) is 0 Å². The van der Waals surface area contributed by atoms with E-state index in [1.165, 1.54) is 12.1 Å². The number of Topliss-reactive ketones (excluding diaryl/α,β-unsaturated/α-hetero) is 4. The van der Waals surface area contributed by atoms with Crippen LogP contribution < -0.4 is 22.9 Å². The van der Waals surface area contributed by atoms with Crippen molar-refractivity contribution in [3.63, 3.8) is 0 Å². The van der Waals surface area contributed by atoms with Crippen molar-refractivity contribution in [2.75, 3.05) is 11.5 Å². The summed E-state index contributed by atoms with van der Waals surface area (Å²) in [5.74, 6) is -10.9. The Hall–Kier alpha value is -6.54. The normalized spacial score (nSPS) is 10.8. The number of nitrogens with two attached hydrogens (primary N) is 4. The van der Waals surface area contributed by atoms with Gasteiger partial charge in [-0.2, -0.15) is 0 Å². The summed E-state index contributed by atoms with van der Waals surface area (Å²) in [6.07, 6.45) is -2.00. The Morgan fingerprint density at radius 2 is 0.920 bits per heavy atom. The molecular weight excluding hydrogens is 672 g/mol. The van der Waals surface area contributed by atoms with Gasteiger partial charge in [-0.3, -0.25) is 38.4 Å². The van der Waals surface area contributed by atoms with E-state index in [2.05, 4.69) is 0 Å². The highest BCUT2D eigenvalue weighted by Crippen LogP contribution is 2.14. The van der Waals surface area contributed by atoms with Crippen LogP contribution in [-0.2, 0) is 38.4 Å². The Morgan fingerprint density at radius 1 is 0.520 bits per heavy atom. The lowest BCUT2D eigenvalue weighted by atomic mass is 10.0. The number of benzene rings is 2. The van der Waals surface area contributed by atoms with Gasteiger partial charge in [-0.1, -0.05) is 24.3 Å². The van der Waals surface area contributed by atoms with Gasteiger partial charge >= 0.3 is 35.8 Å². The van der Waals surface area contributed by atoms with Crippen molar-refractivity contribution < 1.29 is 78.6 Å². The summed E-state index contributed by atoms with van der Waals surface area (Å²) in [5, 5.41) is 49.1. The molecule has 2 aromatic rings. The summed E-state index contributed by atoms with van der Waals surface area (Å²) < 4.78 is 0. The highest BCUT2D eigenvalue weighted by Gasteiger charge is 2.20. The average Bonchev–Trinajstić information content (AvgIpc) is 3.03. The minimum Gasteiger partial charge on any atom is -0.481 e. The SMILES string of the molecule is NC(CCC(=O)O)C(=O)O.Nc1ccccc1C(=O)CC(=O)C(=O)O.Nc1ccccc1C(=O)CC(N)C(=O)O.O=C(O)CCC(=O)C(=O)O. The van der Waals surface area contributed by atoms with Crippen LogP contribution in [0.5, 0.6) is 0 Å². The van der Waals surface area contributed by atoms with Crippen LogP contribution in [0.1, 0.15) is 59.2 Å². The largest absolute Gasteiger partial charge is 0.481 e. The van der Waals surface area contributed by atoms with E-state index in [0.717, 1.165) is 0 Å². The maximum atomic E-state index is 11.6. The third kappa shape index (κ3) is 20.6. The lowest BCUT2D eigenvalue weighted by molar-refractivity contribution is -0.150.